The Labute approximate surface area is 88.7 Å². The molecule has 1 unspecified atom stereocenters. The van der Waals surface area contributed by atoms with Gasteiger partial charge >= 0.3 is 0 Å². The highest BCUT2D eigenvalue weighted by Crippen LogP contribution is 2.06. The van der Waals surface area contributed by atoms with Crippen molar-refractivity contribution in [3.05, 3.63) is 12.2 Å². The van der Waals surface area contributed by atoms with Crippen LogP contribution in [0.1, 0.15) is 34.6 Å². The molecule has 0 aliphatic heterocycles. The fourth-order valence-electron chi connectivity index (χ4n) is 0.841. The lowest BCUT2D eigenvalue weighted by molar-refractivity contribution is 0.0498. The minimum atomic E-state index is 0.311. The number of hydrogen-bond acceptors (Lipinski definition) is 2. The predicted octanol–water partition coefficient (Wildman–Crippen LogP) is 2.60. The lowest BCUT2D eigenvalue weighted by Gasteiger charge is -2.18. The fraction of sp³-hybridized carbons (Fsp3) is 0.833. The van der Waals surface area contributed by atoms with Crippen LogP contribution in [0.2, 0.25) is 0 Å². The zero-order valence-electron chi connectivity index (χ0n) is 10.3. The Morgan fingerprint density at radius 2 is 1.79 bits per heavy atom. The van der Waals surface area contributed by atoms with Crippen LogP contribution in [0.25, 0.3) is 0 Å². The zero-order valence-corrected chi connectivity index (χ0v) is 10.3. The minimum absolute atomic E-state index is 0.311. The lowest BCUT2D eigenvalue weighted by atomic mass is 10.1. The van der Waals surface area contributed by atoms with E-state index in [1.54, 1.807) is 0 Å². The fourth-order valence-corrected chi connectivity index (χ4v) is 0.841. The third-order valence-corrected chi connectivity index (χ3v) is 2.25. The summed E-state index contributed by atoms with van der Waals surface area (Å²) >= 11 is 0. The zero-order chi connectivity index (χ0) is 11.1. The molecule has 84 valence electrons. The molecule has 0 aliphatic carbocycles. The molecule has 0 aromatic rings. The number of ether oxygens (including phenoxy) is 1. The summed E-state index contributed by atoms with van der Waals surface area (Å²) in [6.45, 7) is 16.2. The first-order valence-electron chi connectivity index (χ1n) is 5.45. The van der Waals surface area contributed by atoms with E-state index in [-0.39, 0.29) is 0 Å². The van der Waals surface area contributed by atoms with E-state index in [0.717, 1.165) is 12.1 Å². The number of nitrogens with one attached hydrogen (secondary N) is 1. The van der Waals surface area contributed by atoms with Gasteiger partial charge in [-0.05, 0) is 18.4 Å². The van der Waals surface area contributed by atoms with Crippen molar-refractivity contribution >= 4 is 0 Å². The second kappa shape index (κ2) is 7.02. The standard InChI is InChI=1S/C12H25NO/c1-9(2)12(6)14-8-11(5)7-13-10(3)4/h9-10,12-13H,5,7-8H2,1-4,6H3. The van der Waals surface area contributed by atoms with Crippen LogP contribution in [-0.4, -0.2) is 25.3 Å². The molecule has 0 aliphatic rings. The molecule has 2 heteroatoms. The topological polar surface area (TPSA) is 21.3 Å². The molecule has 0 radical (unpaired) electrons. The van der Waals surface area contributed by atoms with E-state index in [1.165, 1.54) is 0 Å². The Morgan fingerprint density at radius 1 is 1.21 bits per heavy atom. The van der Waals surface area contributed by atoms with Crippen molar-refractivity contribution in [1.82, 2.24) is 5.32 Å². The van der Waals surface area contributed by atoms with Crippen LogP contribution in [-0.2, 0) is 4.74 Å². The molecule has 0 fully saturated rings. The summed E-state index contributed by atoms with van der Waals surface area (Å²) in [6, 6.07) is 0.509. The molecule has 0 rings (SSSR count). The Kier molecular flexibility index (Phi) is 6.85. The van der Waals surface area contributed by atoms with E-state index in [4.69, 9.17) is 4.74 Å². The average molecular weight is 199 g/mol. The van der Waals surface area contributed by atoms with Gasteiger partial charge in [0.05, 0.1) is 12.7 Å². The van der Waals surface area contributed by atoms with E-state index < -0.39 is 0 Å². The first-order chi connectivity index (χ1) is 6.43. The van der Waals surface area contributed by atoms with E-state index in [1.807, 2.05) is 0 Å². The molecular formula is C12H25NO. The Balaban J connectivity index is 3.54. The third kappa shape index (κ3) is 7.10. The molecule has 0 aromatic heterocycles. The van der Waals surface area contributed by atoms with Gasteiger partial charge in [0, 0.05) is 12.6 Å². The van der Waals surface area contributed by atoms with Crippen LogP contribution in [0.5, 0.6) is 0 Å². The van der Waals surface area contributed by atoms with Crippen molar-refractivity contribution in [1.29, 1.82) is 0 Å². The van der Waals surface area contributed by atoms with Gasteiger partial charge in [-0.25, -0.2) is 0 Å². The van der Waals surface area contributed by atoms with Crippen LogP contribution < -0.4 is 5.32 Å². The molecule has 0 amide bonds. The second-order valence-corrected chi connectivity index (χ2v) is 4.55. The van der Waals surface area contributed by atoms with Crippen molar-refractivity contribution in [3.63, 3.8) is 0 Å². The summed E-state index contributed by atoms with van der Waals surface area (Å²) in [7, 11) is 0. The van der Waals surface area contributed by atoms with Crippen LogP contribution >= 0.6 is 0 Å². The summed E-state index contributed by atoms with van der Waals surface area (Å²) in [5.41, 5.74) is 1.12. The maximum Gasteiger partial charge on any atom is 0.0690 e. The van der Waals surface area contributed by atoms with Gasteiger partial charge in [-0.1, -0.05) is 34.3 Å². The maximum atomic E-state index is 5.66. The molecular weight excluding hydrogens is 174 g/mol. The Bertz CT molecular complexity index is 164. The normalized spacial score (nSPS) is 13.6. The van der Waals surface area contributed by atoms with Crippen molar-refractivity contribution in [2.24, 2.45) is 5.92 Å². The molecule has 14 heavy (non-hydrogen) atoms. The Morgan fingerprint density at radius 3 is 2.21 bits per heavy atom. The van der Waals surface area contributed by atoms with Crippen molar-refractivity contribution in [2.75, 3.05) is 13.2 Å². The average Bonchev–Trinajstić information content (AvgIpc) is 2.10. The summed E-state index contributed by atoms with van der Waals surface area (Å²) in [5.74, 6) is 0.570. The van der Waals surface area contributed by atoms with Crippen LogP contribution in [0, 0.1) is 5.92 Å². The summed E-state index contributed by atoms with van der Waals surface area (Å²) in [6.07, 6.45) is 0.311. The molecule has 2 nitrogen and oxygen atoms in total. The molecule has 0 heterocycles. The molecule has 0 aromatic carbocycles. The van der Waals surface area contributed by atoms with Crippen LogP contribution in [0.4, 0.5) is 0 Å². The van der Waals surface area contributed by atoms with Crippen molar-refractivity contribution in [3.8, 4) is 0 Å². The summed E-state index contributed by atoms with van der Waals surface area (Å²) < 4.78 is 5.66. The second-order valence-electron chi connectivity index (χ2n) is 4.55. The maximum absolute atomic E-state index is 5.66. The molecule has 1 atom stereocenters. The van der Waals surface area contributed by atoms with Gasteiger partial charge in [0.25, 0.3) is 0 Å². The monoisotopic (exact) mass is 199 g/mol. The van der Waals surface area contributed by atoms with Crippen molar-refractivity contribution < 1.29 is 4.74 Å². The first-order valence-corrected chi connectivity index (χ1v) is 5.45. The predicted molar refractivity (Wildman–Crippen MR) is 62.5 cm³/mol. The largest absolute Gasteiger partial charge is 0.374 e. The lowest BCUT2D eigenvalue weighted by Crippen LogP contribution is -2.27. The SMILES string of the molecule is C=C(CNC(C)C)COC(C)C(C)C. The first kappa shape index (κ1) is 13.7. The van der Waals surface area contributed by atoms with E-state index in [2.05, 4.69) is 46.5 Å². The molecule has 0 spiro atoms. The highest BCUT2D eigenvalue weighted by atomic mass is 16.5. The van der Waals surface area contributed by atoms with Crippen molar-refractivity contribution in [2.45, 2.75) is 46.8 Å². The van der Waals surface area contributed by atoms with Gasteiger partial charge in [0.1, 0.15) is 0 Å². The van der Waals surface area contributed by atoms with Gasteiger partial charge in [-0.15, -0.1) is 0 Å². The highest BCUT2D eigenvalue weighted by molar-refractivity contribution is 4.97. The van der Waals surface area contributed by atoms with Crippen LogP contribution in [0.15, 0.2) is 12.2 Å². The molecule has 0 saturated heterocycles. The van der Waals surface area contributed by atoms with E-state index >= 15 is 0 Å². The molecule has 1 N–H and O–H groups in total. The number of rotatable bonds is 7. The molecule has 0 bridgehead atoms. The quantitative estimate of drug-likeness (QED) is 0.636. The van der Waals surface area contributed by atoms with Gasteiger partial charge in [-0.2, -0.15) is 0 Å². The van der Waals surface area contributed by atoms with Gasteiger partial charge in [0.2, 0.25) is 0 Å². The number of hydrogen-bond donors (Lipinski definition) is 1. The van der Waals surface area contributed by atoms with Gasteiger partial charge < -0.3 is 10.1 Å². The highest BCUT2D eigenvalue weighted by Gasteiger charge is 2.07. The van der Waals surface area contributed by atoms with Gasteiger partial charge in [-0.3, -0.25) is 0 Å². The van der Waals surface area contributed by atoms with E-state index in [0.29, 0.717) is 24.7 Å². The summed E-state index contributed by atoms with van der Waals surface area (Å²) in [5, 5.41) is 3.32. The minimum Gasteiger partial charge on any atom is -0.374 e. The van der Waals surface area contributed by atoms with Gasteiger partial charge in [0.15, 0.2) is 0 Å². The molecule has 0 saturated carbocycles. The Hall–Kier alpha value is -0.340. The third-order valence-electron chi connectivity index (χ3n) is 2.25. The van der Waals surface area contributed by atoms with E-state index in [9.17, 15) is 0 Å². The van der Waals surface area contributed by atoms with Crippen LogP contribution in [0.3, 0.4) is 0 Å². The smallest absolute Gasteiger partial charge is 0.0690 e. The summed E-state index contributed by atoms with van der Waals surface area (Å²) in [4.78, 5) is 0.